The number of aryl methyl sites for hydroxylation is 1. The zero-order chi connectivity index (χ0) is 17.4. The van der Waals surface area contributed by atoms with Crippen molar-refractivity contribution < 1.29 is 9.21 Å². The van der Waals surface area contributed by atoms with Crippen LogP contribution >= 0.6 is 0 Å². The van der Waals surface area contributed by atoms with E-state index in [1.165, 1.54) is 4.68 Å². The third-order valence-corrected chi connectivity index (χ3v) is 4.07. The number of para-hydroxylation sites is 1. The van der Waals surface area contributed by atoms with Gasteiger partial charge >= 0.3 is 5.69 Å². The zero-order valence-corrected chi connectivity index (χ0v) is 13.6. The fourth-order valence-corrected chi connectivity index (χ4v) is 2.89. The smallest absolute Gasteiger partial charge is 0.351 e. The summed E-state index contributed by atoms with van der Waals surface area (Å²) in [7, 11) is 0. The molecule has 0 fully saturated rings. The highest BCUT2D eigenvalue weighted by Gasteiger charge is 2.14. The van der Waals surface area contributed by atoms with Gasteiger partial charge in [-0.2, -0.15) is 0 Å². The molecule has 0 radical (unpaired) electrons. The third-order valence-electron chi connectivity index (χ3n) is 4.07. The number of benzene rings is 1. The Bertz CT molecular complexity index is 1120. The summed E-state index contributed by atoms with van der Waals surface area (Å²) in [5.74, 6) is 0.349. The molecule has 25 heavy (non-hydrogen) atoms. The SMILES string of the molecule is Cc1cc2ccccc2n2c(=O)n(CC(=O)NCc3ccco3)nc12. The van der Waals surface area contributed by atoms with Gasteiger partial charge < -0.3 is 9.73 Å². The Morgan fingerprint density at radius 3 is 2.88 bits per heavy atom. The number of nitrogens with one attached hydrogen (secondary N) is 1. The molecule has 126 valence electrons. The first-order valence-electron chi connectivity index (χ1n) is 7.90. The van der Waals surface area contributed by atoms with Crippen molar-refractivity contribution in [2.75, 3.05) is 0 Å². The van der Waals surface area contributed by atoms with Crippen LogP contribution in [0.4, 0.5) is 0 Å². The molecule has 0 aliphatic carbocycles. The summed E-state index contributed by atoms with van der Waals surface area (Å²) in [6, 6.07) is 13.1. The predicted molar refractivity (Wildman–Crippen MR) is 92.2 cm³/mol. The van der Waals surface area contributed by atoms with E-state index in [0.29, 0.717) is 11.4 Å². The van der Waals surface area contributed by atoms with E-state index in [1.54, 1.807) is 22.8 Å². The summed E-state index contributed by atoms with van der Waals surface area (Å²) in [4.78, 5) is 24.9. The number of furan rings is 1. The number of hydrogen-bond donors (Lipinski definition) is 1. The Kier molecular flexibility index (Phi) is 3.61. The van der Waals surface area contributed by atoms with Crippen molar-refractivity contribution in [1.82, 2.24) is 19.5 Å². The van der Waals surface area contributed by atoms with Crippen LogP contribution in [0.5, 0.6) is 0 Å². The van der Waals surface area contributed by atoms with Crippen LogP contribution in [-0.2, 0) is 17.9 Å². The van der Waals surface area contributed by atoms with Crippen LogP contribution in [0.25, 0.3) is 16.6 Å². The van der Waals surface area contributed by atoms with Crippen molar-refractivity contribution in [1.29, 1.82) is 0 Å². The number of carbonyl (C=O) groups is 1. The second-order valence-corrected chi connectivity index (χ2v) is 5.84. The van der Waals surface area contributed by atoms with Gasteiger partial charge in [-0.05, 0) is 42.1 Å². The maximum Gasteiger partial charge on any atom is 0.351 e. The molecule has 1 N–H and O–H groups in total. The first kappa shape index (κ1) is 15.2. The zero-order valence-electron chi connectivity index (χ0n) is 13.6. The second-order valence-electron chi connectivity index (χ2n) is 5.84. The number of carbonyl (C=O) groups excluding carboxylic acids is 1. The lowest BCUT2D eigenvalue weighted by molar-refractivity contribution is -0.122. The van der Waals surface area contributed by atoms with Gasteiger partial charge in [0.25, 0.3) is 0 Å². The number of hydrogen-bond acceptors (Lipinski definition) is 4. The molecule has 4 rings (SSSR count). The predicted octanol–water partition coefficient (Wildman–Crippen LogP) is 1.87. The number of rotatable bonds is 4. The Morgan fingerprint density at radius 2 is 2.08 bits per heavy atom. The first-order chi connectivity index (χ1) is 12.1. The maximum atomic E-state index is 12.7. The van der Waals surface area contributed by atoms with Gasteiger partial charge in [-0.15, -0.1) is 5.10 Å². The molecule has 0 aliphatic heterocycles. The average molecular weight is 336 g/mol. The molecule has 3 heterocycles. The van der Waals surface area contributed by atoms with Gasteiger partial charge in [0.1, 0.15) is 12.3 Å². The molecule has 7 nitrogen and oxygen atoms in total. The lowest BCUT2D eigenvalue weighted by Gasteiger charge is -2.02. The number of aromatic nitrogens is 3. The molecule has 0 spiro atoms. The summed E-state index contributed by atoms with van der Waals surface area (Å²) in [6.45, 7) is 2.03. The molecular weight excluding hydrogens is 320 g/mol. The van der Waals surface area contributed by atoms with Crippen LogP contribution in [0.15, 0.2) is 57.9 Å². The minimum atomic E-state index is -0.331. The quantitative estimate of drug-likeness (QED) is 0.617. The van der Waals surface area contributed by atoms with Crippen molar-refractivity contribution in [2.45, 2.75) is 20.0 Å². The van der Waals surface area contributed by atoms with Gasteiger partial charge in [0.05, 0.1) is 18.3 Å². The molecule has 0 bridgehead atoms. The van der Waals surface area contributed by atoms with Crippen LogP contribution in [-0.4, -0.2) is 20.1 Å². The van der Waals surface area contributed by atoms with Gasteiger partial charge in [-0.25, -0.2) is 13.9 Å². The van der Waals surface area contributed by atoms with Gasteiger partial charge in [0, 0.05) is 0 Å². The Labute approximate surface area is 142 Å². The minimum absolute atomic E-state index is 0.144. The molecule has 0 saturated heterocycles. The van der Waals surface area contributed by atoms with Crippen LogP contribution in [0.2, 0.25) is 0 Å². The summed E-state index contributed by atoms with van der Waals surface area (Å²) in [5.41, 5.74) is 1.88. The normalized spacial score (nSPS) is 11.2. The topological polar surface area (TPSA) is 81.5 Å². The van der Waals surface area contributed by atoms with Crippen LogP contribution in [0.3, 0.4) is 0 Å². The van der Waals surface area contributed by atoms with Crippen molar-refractivity contribution in [2.24, 2.45) is 0 Å². The standard InChI is InChI=1S/C18H16N4O3/c1-12-9-13-5-2-3-7-15(13)22-17(12)20-21(18(22)24)11-16(23)19-10-14-6-4-8-25-14/h2-9H,10-11H2,1H3,(H,19,23). The van der Waals surface area contributed by atoms with Crippen LogP contribution < -0.4 is 11.0 Å². The van der Waals surface area contributed by atoms with E-state index in [-0.39, 0.29) is 24.7 Å². The van der Waals surface area contributed by atoms with E-state index in [0.717, 1.165) is 16.5 Å². The molecule has 7 heteroatoms. The Balaban J connectivity index is 1.67. The second kappa shape index (κ2) is 5.94. The monoisotopic (exact) mass is 336 g/mol. The lowest BCUT2D eigenvalue weighted by atomic mass is 10.1. The molecule has 0 aliphatic rings. The van der Waals surface area contributed by atoms with Crippen molar-refractivity contribution >= 4 is 22.5 Å². The molecule has 4 aromatic rings. The highest BCUT2D eigenvalue weighted by molar-refractivity contribution is 5.83. The molecule has 0 unspecified atom stereocenters. The van der Waals surface area contributed by atoms with E-state index in [1.807, 2.05) is 37.3 Å². The number of nitrogens with zero attached hydrogens (tertiary/aromatic N) is 3. The van der Waals surface area contributed by atoms with Gasteiger partial charge in [-0.1, -0.05) is 18.2 Å². The fraction of sp³-hybridized carbons (Fsp3) is 0.167. The maximum absolute atomic E-state index is 12.7. The summed E-state index contributed by atoms with van der Waals surface area (Å²) in [6.07, 6.45) is 1.54. The minimum Gasteiger partial charge on any atom is -0.467 e. The summed E-state index contributed by atoms with van der Waals surface area (Å²) >= 11 is 0. The first-order valence-corrected chi connectivity index (χ1v) is 7.90. The van der Waals surface area contributed by atoms with Gasteiger partial charge in [0.2, 0.25) is 5.91 Å². The molecule has 1 amide bonds. The number of amides is 1. The third kappa shape index (κ3) is 2.69. The summed E-state index contributed by atoms with van der Waals surface area (Å²) < 4.78 is 7.90. The van der Waals surface area contributed by atoms with Gasteiger partial charge in [-0.3, -0.25) is 4.79 Å². The van der Waals surface area contributed by atoms with E-state index >= 15 is 0 Å². The lowest BCUT2D eigenvalue weighted by Crippen LogP contribution is -2.32. The van der Waals surface area contributed by atoms with E-state index in [9.17, 15) is 9.59 Å². The van der Waals surface area contributed by atoms with E-state index < -0.39 is 0 Å². The molecule has 0 saturated carbocycles. The highest BCUT2D eigenvalue weighted by Crippen LogP contribution is 2.17. The molecule has 1 aromatic carbocycles. The van der Waals surface area contributed by atoms with Crippen LogP contribution in [0.1, 0.15) is 11.3 Å². The number of fused-ring (bicyclic) bond motifs is 3. The average Bonchev–Trinajstić information content (AvgIpc) is 3.23. The van der Waals surface area contributed by atoms with Crippen molar-refractivity contribution in [3.63, 3.8) is 0 Å². The van der Waals surface area contributed by atoms with E-state index in [4.69, 9.17) is 4.42 Å². The molecule has 0 atom stereocenters. The van der Waals surface area contributed by atoms with Gasteiger partial charge in [0.15, 0.2) is 5.65 Å². The highest BCUT2D eigenvalue weighted by atomic mass is 16.3. The van der Waals surface area contributed by atoms with Crippen LogP contribution in [0, 0.1) is 6.92 Å². The summed E-state index contributed by atoms with van der Waals surface area (Å²) in [5, 5.41) is 8.00. The fourth-order valence-electron chi connectivity index (χ4n) is 2.89. The number of pyridine rings is 1. The Morgan fingerprint density at radius 1 is 1.24 bits per heavy atom. The Hall–Kier alpha value is -3.35. The van der Waals surface area contributed by atoms with Crippen molar-refractivity contribution in [3.05, 3.63) is 70.5 Å². The van der Waals surface area contributed by atoms with Crippen molar-refractivity contribution in [3.8, 4) is 0 Å². The molecular formula is C18H16N4O3. The molecule has 3 aromatic heterocycles. The largest absolute Gasteiger partial charge is 0.467 e. The van der Waals surface area contributed by atoms with E-state index in [2.05, 4.69) is 10.4 Å².